The van der Waals surface area contributed by atoms with Crippen molar-refractivity contribution in [3.05, 3.63) is 57.0 Å². The summed E-state index contributed by atoms with van der Waals surface area (Å²) >= 11 is 7.32. The molecule has 158 valence electrons. The second-order valence-electron chi connectivity index (χ2n) is 7.20. The minimum Gasteiger partial charge on any atom is -0.386 e. The Balaban J connectivity index is 1.47. The van der Waals surface area contributed by atoms with Crippen molar-refractivity contribution in [1.82, 2.24) is 15.5 Å². The lowest BCUT2D eigenvalue weighted by molar-refractivity contribution is 0.190. The number of thiophene rings is 1. The van der Waals surface area contributed by atoms with Crippen LogP contribution in [0.25, 0.3) is 0 Å². The van der Waals surface area contributed by atoms with Gasteiger partial charge in [-0.25, -0.2) is 4.39 Å². The van der Waals surface area contributed by atoms with E-state index in [2.05, 4.69) is 20.5 Å². The highest BCUT2D eigenvalue weighted by Gasteiger charge is 2.20. The van der Waals surface area contributed by atoms with E-state index in [1.165, 1.54) is 23.5 Å². The van der Waals surface area contributed by atoms with Gasteiger partial charge in [0, 0.05) is 37.1 Å². The topological polar surface area (TPSA) is 59.9 Å². The molecular weight excluding hydrogens is 411 g/mol. The van der Waals surface area contributed by atoms with Crippen LogP contribution in [0, 0.1) is 5.82 Å². The fourth-order valence-electron chi connectivity index (χ4n) is 3.37. The lowest BCUT2D eigenvalue weighted by atomic mass is 10.0. The van der Waals surface area contributed by atoms with Crippen molar-refractivity contribution in [2.45, 2.75) is 38.5 Å². The first-order valence-corrected chi connectivity index (χ1v) is 11.2. The minimum atomic E-state index is -0.652. The molecule has 0 aliphatic carbocycles. The van der Waals surface area contributed by atoms with Crippen LogP contribution in [0.2, 0.25) is 4.34 Å². The van der Waals surface area contributed by atoms with Gasteiger partial charge in [0.05, 0.1) is 10.9 Å². The highest BCUT2D eigenvalue weighted by molar-refractivity contribution is 7.16. The highest BCUT2D eigenvalue weighted by Crippen LogP contribution is 2.27. The van der Waals surface area contributed by atoms with Crippen molar-refractivity contribution in [1.29, 1.82) is 0 Å². The van der Waals surface area contributed by atoms with Gasteiger partial charge in [0.1, 0.15) is 11.9 Å². The van der Waals surface area contributed by atoms with Crippen LogP contribution >= 0.6 is 22.9 Å². The predicted molar refractivity (Wildman–Crippen MR) is 118 cm³/mol. The number of rotatable bonds is 7. The Hall–Kier alpha value is -1.67. The smallest absolute Gasteiger partial charge is 0.191 e. The van der Waals surface area contributed by atoms with E-state index in [1.54, 1.807) is 6.07 Å². The molecule has 1 unspecified atom stereocenters. The van der Waals surface area contributed by atoms with E-state index in [9.17, 15) is 9.50 Å². The van der Waals surface area contributed by atoms with Gasteiger partial charge in [-0.15, -0.1) is 11.3 Å². The first kappa shape index (κ1) is 22.0. The van der Waals surface area contributed by atoms with Gasteiger partial charge in [-0.05, 0) is 49.6 Å². The van der Waals surface area contributed by atoms with Gasteiger partial charge in [-0.2, -0.15) is 0 Å². The zero-order valence-electron chi connectivity index (χ0n) is 16.6. The third kappa shape index (κ3) is 6.96. The van der Waals surface area contributed by atoms with Crippen molar-refractivity contribution in [2.24, 2.45) is 4.99 Å². The Labute approximate surface area is 180 Å². The third-order valence-corrected chi connectivity index (χ3v) is 6.27. The Kier molecular flexibility index (Phi) is 8.29. The van der Waals surface area contributed by atoms with Gasteiger partial charge in [-0.3, -0.25) is 9.89 Å². The number of likely N-dealkylation sites (tertiary alicyclic amines) is 1. The average Bonchev–Trinajstić information content (AvgIpc) is 3.16. The maximum absolute atomic E-state index is 13.1. The molecule has 1 aromatic heterocycles. The summed E-state index contributed by atoms with van der Waals surface area (Å²) in [6, 6.07) is 10.7. The maximum atomic E-state index is 13.1. The molecular formula is C21H28ClFN4OS. The van der Waals surface area contributed by atoms with E-state index >= 15 is 0 Å². The summed E-state index contributed by atoms with van der Waals surface area (Å²) in [4.78, 5) is 7.76. The predicted octanol–water partition coefficient (Wildman–Crippen LogP) is 3.79. The first-order valence-electron chi connectivity index (χ1n) is 9.98. The summed E-state index contributed by atoms with van der Waals surface area (Å²) in [6.45, 7) is 5.87. The van der Waals surface area contributed by atoms with Crippen LogP contribution in [-0.4, -0.2) is 48.2 Å². The van der Waals surface area contributed by atoms with E-state index < -0.39 is 6.10 Å². The Morgan fingerprint density at radius 1 is 1.28 bits per heavy atom. The van der Waals surface area contributed by atoms with E-state index in [-0.39, 0.29) is 12.4 Å². The molecule has 5 nitrogen and oxygen atoms in total. The number of halogens is 2. The number of hydrogen-bond donors (Lipinski definition) is 3. The first-order chi connectivity index (χ1) is 14.0. The molecule has 2 aromatic rings. The van der Waals surface area contributed by atoms with Gasteiger partial charge < -0.3 is 15.7 Å². The number of nitrogens with zero attached hydrogens (tertiary/aromatic N) is 2. The maximum Gasteiger partial charge on any atom is 0.191 e. The molecule has 2 heterocycles. The normalized spacial score (nSPS) is 17.3. The highest BCUT2D eigenvalue weighted by atomic mass is 35.5. The van der Waals surface area contributed by atoms with Gasteiger partial charge in [-0.1, -0.05) is 23.7 Å². The second kappa shape index (κ2) is 10.9. The molecule has 1 aromatic carbocycles. The third-order valence-electron chi connectivity index (χ3n) is 4.94. The SMILES string of the molecule is CCNC(=NCC(O)c1ccc(Cl)s1)NC1CCN(Cc2ccc(F)cc2)CC1. The summed E-state index contributed by atoms with van der Waals surface area (Å²) < 4.78 is 13.7. The molecule has 1 fully saturated rings. The quantitative estimate of drug-likeness (QED) is 0.454. The molecule has 8 heteroatoms. The molecule has 0 bridgehead atoms. The number of nitrogens with one attached hydrogen (secondary N) is 2. The zero-order chi connectivity index (χ0) is 20.6. The van der Waals surface area contributed by atoms with Crippen LogP contribution in [-0.2, 0) is 6.54 Å². The lowest BCUT2D eigenvalue weighted by Crippen LogP contribution is -2.48. The number of aliphatic imine (C=N–C) groups is 1. The minimum absolute atomic E-state index is 0.195. The number of aliphatic hydroxyl groups is 1. The van der Waals surface area contributed by atoms with E-state index in [4.69, 9.17) is 11.6 Å². The van der Waals surface area contributed by atoms with Gasteiger partial charge in [0.25, 0.3) is 0 Å². The molecule has 0 saturated carbocycles. The lowest BCUT2D eigenvalue weighted by Gasteiger charge is -2.33. The fourth-order valence-corrected chi connectivity index (χ4v) is 4.41. The molecule has 0 spiro atoms. The molecule has 0 amide bonds. The summed E-state index contributed by atoms with van der Waals surface area (Å²) in [6.07, 6.45) is 1.36. The number of aliphatic hydroxyl groups excluding tert-OH is 1. The fraction of sp³-hybridized carbons (Fsp3) is 0.476. The molecule has 1 aliphatic rings. The summed E-state index contributed by atoms with van der Waals surface area (Å²) in [5.74, 6) is 0.533. The molecule has 1 atom stereocenters. The molecule has 3 rings (SSSR count). The van der Waals surface area contributed by atoms with Crippen LogP contribution in [0.3, 0.4) is 0 Å². The van der Waals surface area contributed by atoms with Crippen LogP contribution < -0.4 is 10.6 Å². The van der Waals surface area contributed by atoms with Crippen molar-refractivity contribution in [3.8, 4) is 0 Å². The number of benzene rings is 1. The van der Waals surface area contributed by atoms with Crippen LogP contribution in [0.1, 0.15) is 36.3 Å². The number of piperidine rings is 1. The van der Waals surface area contributed by atoms with E-state index in [0.717, 1.165) is 55.4 Å². The van der Waals surface area contributed by atoms with Crippen molar-refractivity contribution >= 4 is 28.9 Å². The monoisotopic (exact) mass is 438 g/mol. The largest absolute Gasteiger partial charge is 0.386 e. The van der Waals surface area contributed by atoms with E-state index in [0.29, 0.717) is 10.4 Å². The zero-order valence-corrected chi connectivity index (χ0v) is 18.1. The van der Waals surface area contributed by atoms with Gasteiger partial charge in [0.2, 0.25) is 0 Å². The molecule has 3 N–H and O–H groups in total. The van der Waals surface area contributed by atoms with Gasteiger partial charge >= 0.3 is 0 Å². The Bertz CT molecular complexity index is 790. The standard InChI is InChI=1S/C21H28ClFN4OS/c1-2-24-21(25-13-18(28)19-7-8-20(22)29-19)26-17-9-11-27(12-10-17)14-15-3-5-16(23)6-4-15/h3-8,17-18,28H,2,9-14H2,1H3,(H2,24,25,26). The average molecular weight is 439 g/mol. The van der Waals surface area contributed by atoms with Crippen molar-refractivity contribution in [3.63, 3.8) is 0 Å². The Morgan fingerprint density at radius 2 is 2.00 bits per heavy atom. The Morgan fingerprint density at radius 3 is 2.62 bits per heavy atom. The van der Waals surface area contributed by atoms with Crippen molar-refractivity contribution in [2.75, 3.05) is 26.2 Å². The summed E-state index contributed by atoms with van der Waals surface area (Å²) in [5.41, 5.74) is 1.13. The van der Waals surface area contributed by atoms with Crippen molar-refractivity contribution < 1.29 is 9.50 Å². The van der Waals surface area contributed by atoms with E-state index in [1.807, 2.05) is 25.1 Å². The molecule has 29 heavy (non-hydrogen) atoms. The second-order valence-corrected chi connectivity index (χ2v) is 8.95. The molecule has 1 aliphatic heterocycles. The number of guanidine groups is 1. The van der Waals surface area contributed by atoms with Gasteiger partial charge in [0.15, 0.2) is 5.96 Å². The van der Waals surface area contributed by atoms with Crippen LogP contribution in [0.4, 0.5) is 4.39 Å². The molecule has 1 saturated heterocycles. The summed E-state index contributed by atoms with van der Waals surface area (Å²) in [5, 5.41) is 17.1. The van der Waals surface area contributed by atoms with Crippen LogP contribution in [0.5, 0.6) is 0 Å². The number of hydrogen-bond acceptors (Lipinski definition) is 4. The summed E-state index contributed by atoms with van der Waals surface area (Å²) in [7, 11) is 0. The van der Waals surface area contributed by atoms with Crippen LogP contribution in [0.15, 0.2) is 41.4 Å². The molecule has 0 radical (unpaired) electrons.